The Hall–Kier alpha value is -0.570. The average Bonchev–Trinajstić information content (AvgIpc) is 2.56. The van der Waals surface area contributed by atoms with Gasteiger partial charge >= 0.3 is 0 Å². The Balaban J connectivity index is 1.81. The van der Waals surface area contributed by atoms with Crippen LogP contribution in [-0.2, 0) is 4.79 Å². The van der Waals surface area contributed by atoms with Crippen LogP contribution in [0.4, 0.5) is 0 Å². The predicted octanol–water partition coefficient (Wildman–Crippen LogP) is 1.29. The van der Waals surface area contributed by atoms with Crippen LogP contribution in [0.15, 0.2) is 0 Å². The monoisotopic (exact) mass is 210 g/mol. The summed E-state index contributed by atoms with van der Waals surface area (Å²) in [6.45, 7) is 5.49. The molecule has 1 saturated heterocycles. The molecule has 1 saturated carbocycles. The Kier molecular flexibility index (Phi) is 3.29. The molecule has 15 heavy (non-hydrogen) atoms. The van der Waals surface area contributed by atoms with Crippen molar-refractivity contribution < 1.29 is 4.79 Å². The maximum absolute atomic E-state index is 11.1. The molecule has 3 nitrogen and oxygen atoms in total. The van der Waals surface area contributed by atoms with Crippen molar-refractivity contribution in [3.63, 3.8) is 0 Å². The van der Waals surface area contributed by atoms with E-state index in [1.807, 2.05) is 0 Å². The lowest BCUT2D eigenvalue weighted by atomic mass is 9.79. The molecule has 0 bridgehead atoms. The fourth-order valence-corrected chi connectivity index (χ4v) is 2.94. The first-order valence-corrected chi connectivity index (χ1v) is 6.18. The van der Waals surface area contributed by atoms with Crippen molar-refractivity contribution in [3.8, 4) is 0 Å². The summed E-state index contributed by atoms with van der Waals surface area (Å²) in [6.07, 6.45) is 4.59. The molecule has 2 fully saturated rings. The fraction of sp³-hybridized carbons (Fsp3) is 0.917. The minimum atomic E-state index is 0.198. The van der Waals surface area contributed by atoms with Gasteiger partial charge in [0.05, 0.1) is 0 Å². The van der Waals surface area contributed by atoms with Crippen LogP contribution in [0.3, 0.4) is 0 Å². The van der Waals surface area contributed by atoms with Gasteiger partial charge in [0.2, 0.25) is 5.91 Å². The number of nitrogens with one attached hydrogen (secondary N) is 2. The lowest BCUT2D eigenvalue weighted by molar-refractivity contribution is -0.119. The van der Waals surface area contributed by atoms with Gasteiger partial charge < -0.3 is 10.6 Å². The number of hydrogen-bond acceptors (Lipinski definition) is 2. The van der Waals surface area contributed by atoms with Gasteiger partial charge in [0.25, 0.3) is 0 Å². The SMILES string of the molecule is CC1CCC(NC2CNC(=O)C2)C(C)C1. The van der Waals surface area contributed by atoms with E-state index in [0.717, 1.165) is 18.4 Å². The van der Waals surface area contributed by atoms with Crippen molar-refractivity contribution in [2.24, 2.45) is 11.8 Å². The number of carbonyl (C=O) groups is 1. The zero-order valence-corrected chi connectivity index (χ0v) is 9.75. The summed E-state index contributed by atoms with van der Waals surface area (Å²) >= 11 is 0. The van der Waals surface area contributed by atoms with E-state index in [2.05, 4.69) is 24.5 Å². The molecule has 86 valence electrons. The number of amides is 1. The lowest BCUT2D eigenvalue weighted by Crippen LogP contribution is -2.45. The first-order chi connectivity index (χ1) is 7.15. The molecule has 0 spiro atoms. The maximum Gasteiger partial charge on any atom is 0.221 e. The normalized spacial score (nSPS) is 41.6. The van der Waals surface area contributed by atoms with Gasteiger partial charge in [0.1, 0.15) is 0 Å². The fourth-order valence-electron chi connectivity index (χ4n) is 2.94. The summed E-state index contributed by atoms with van der Waals surface area (Å²) in [4.78, 5) is 11.1. The summed E-state index contributed by atoms with van der Waals surface area (Å²) in [7, 11) is 0. The van der Waals surface area contributed by atoms with Crippen LogP contribution < -0.4 is 10.6 Å². The van der Waals surface area contributed by atoms with Crippen LogP contribution in [0.2, 0.25) is 0 Å². The second-order valence-corrected chi connectivity index (χ2v) is 5.37. The highest BCUT2D eigenvalue weighted by atomic mass is 16.1. The highest BCUT2D eigenvalue weighted by Gasteiger charge is 2.29. The molecule has 1 amide bonds. The standard InChI is InChI=1S/C12H22N2O/c1-8-3-4-11(9(2)5-8)14-10-6-12(15)13-7-10/h8-11,14H,3-7H2,1-2H3,(H,13,15). The van der Waals surface area contributed by atoms with Crippen LogP contribution >= 0.6 is 0 Å². The Morgan fingerprint density at radius 2 is 2.13 bits per heavy atom. The number of hydrogen-bond donors (Lipinski definition) is 2. The Bertz CT molecular complexity index is 242. The second-order valence-electron chi connectivity index (χ2n) is 5.37. The van der Waals surface area contributed by atoms with Gasteiger partial charge in [-0.15, -0.1) is 0 Å². The second kappa shape index (κ2) is 4.52. The minimum Gasteiger partial charge on any atom is -0.354 e. The summed E-state index contributed by atoms with van der Waals surface area (Å²) < 4.78 is 0. The highest BCUT2D eigenvalue weighted by molar-refractivity contribution is 5.78. The molecule has 4 atom stereocenters. The van der Waals surface area contributed by atoms with Crippen LogP contribution in [-0.4, -0.2) is 24.5 Å². The molecule has 0 radical (unpaired) electrons. The third-order valence-corrected chi connectivity index (χ3v) is 3.86. The molecule has 1 aliphatic carbocycles. The molecule has 0 aromatic rings. The topological polar surface area (TPSA) is 41.1 Å². The Morgan fingerprint density at radius 3 is 2.73 bits per heavy atom. The molecular weight excluding hydrogens is 188 g/mol. The molecule has 3 heteroatoms. The smallest absolute Gasteiger partial charge is 0.221 e. The van der Waals surface area contributed by atoms with Gasteiger partial charge in [-0.2, -0.15) is 0 Å². The van der Waals surface area contributed by atoms with E-state index in [0.29, 0.717) is 18.5 Å². The molecular formula is C12H22N2O. The molecule has 2 aliphatic rings. The zero-order valence-electron chi connectivity index (χ0n) is 9.75. The average molecular weight is 210 g/mol. The van der Waals surface area contributed by atoms with E-state index >= 15 is 0 Å². The van der Waals surface area contributed by atoms with Gasteiger partial charge in [-0.25, -0.2) is 0 Å². The van der Waals surface area contributed by atoms with Gasteiger partial charge in [0.15, 0.2) is 0 Å². The summed E-state index contributed by atoms with van der Waals surface area (Å²) in [5.74, 6) is 1.83. The van der Waals surface area contributed by atoms with Crippen molar-refractivity contribution in [2.45, 2.75) is 51.6 Å². The van der Waals surface area contributed by atoms with E-state index in [1.54, 1.807) is 0 Å². The molecule has 2 rings (SSSR count). The quantitative estimate of drug-likeness (QED) is 0.721. The highest BCUT2D eigenvalue weighted by Crippen LogP contribution is 2.29. The van der Waals surface area contributed by atoms with Gasteiger partial charge in [-0.05, 0) is 31.1 Å². The summed E-state index contributed by atoms with van der Waals surface area (Å²) in [5, 5.41) is 6.52. The third-order valence-electron chi connectivity index (χ3n) is 3.86. The van der Waals surface area contributed by atoms with Gasteiger partial charge in [0, 0.05) is 25.0 Å². The largest absolute Gasteiger partial charge is 0.354 e. The number of rotatable bonds is 2. The van der Waals surface area contributed by atoms with E-state index in [-0.39, 0.29) is 5.91 Å². The molecule has 1 aliphatic heterocycles. The van der Waals surface area contributed by atoms with Crippen molar-refractivity contribution in [1.29, 1.82) is 0 Å². The Labute approximate surface area is 92.0 Å². The first kappa shape index (κ1) is 10.9. The third kappa shape index (κ3) is 2.71. The van der Waals surface area contributed by atoms with Crippen LogP contribution in [0.1, 0.15) is 39.5 Å². The molecule has 2 N–H and O–H groups in total. The maximum atomic E-state index is 11.1. The van der Waals surface area contributed by atoms with E-state index in [9.17, 15) is 4.79 Å². The molecule has 4 unspecified atom stereocenters. The lowest BCUT2D eigenvalue weighted by Gasteiger charge is -2.34. The van der Waals surface area contributed by atoms with Crippen molar-refractivity contribution in [1.82, 2.24) is 10.6 Å². The zero-order chi connectivity index (χ0) is 10.8. The molecule has 1 heterocycles. The van der Waals surface area contributed by atoms with E-state index in [1.165, 1.54) is 19.3 Å². The van der Waals surface area contributed by atoms with Crippen LogP contribution in [0, 0.1) is 11.8 Å². The first-order valence-electron chi connectivity index (χ1n) is 6.18. The van der Waals surface area contributed by atoms with Crippen molar-refractivity contribution in [3.05, 3.63) is 0 Å². The van der Waals surface area contributed by atoms with E-state index < -0.39 is 0 Å². The van der Waals surface area contributed by atoms with Crippen molar-refractivity contribution in [2.75, 3.05) is 6.54 Å². The summed E-state index contributed by atoms with van der Waals surface area (Å²) in [6, 6.07) is 0.997. The summed E-state index contributed by atoms with van der Waals surface area (Å²) in [5.41, 5.74) is 0. The van der Waals surface area contributed by atoms with Crippen LogP contribution in [0.25, 0.3) is 0 Å². The Morgan fingerprint density at radius 1 is 1.33 bits per heavy atom. The van der Waals surface area contributed by atoms with E-state index in [4.69, 9.17) is 0 Å². The molecule has 0 aromatic carbocycles. The van der Waals surface area contributed by atoms with Crippen molar-refractivity contribution >= 4 is 5.91 Å². The van der Waals surface area contributed by atoms with Crippen LogP contribution in [0.5, 0.6) is 0 Å². The molecule has 0 aromatic heterocycles. The number of carbonyl (C=O) groups excluding carboxylic acids is 1. The predicted molar refractivity (Wildman–Crippen MR) is 60.5 cm³/mol. The minimum absolute atomic E-state index is 0.198. The van der Waals surface area contributed by atoms with Gasteiger partial charge in [-0.3, -0.25) is 4.79 Å². The van der Waals surface area contributed by atoms with Gasteiger partial charge in [-0.1, -0.05) is 13.8 Å².